The third-order valence-corrected chi connectivity index (χ3v) is 4.35. The lowest BCUT2D eigenvalue weighted by Crippen LogP contribution is -2.31. The molecule has 1 atom stereocenters. The quantitative estimate of drug-likeness (QED) is 0.848. The van der Waals surface area contributed by atoms with Crippen LogP contribution in [0.15, 0.2) is 30.6 Å². The summed E-state index contributed by atoms with van der Waals surface area (Å²) < 4.78 is 7.73. The second-order valence-corrected chi connectivity index (χ2v) is 5.71. The first-order valence-electron chi connectivity index (χ1n) is 5.63. The average molecular weight is 282 g/mol. The molecule has 1 aliphatic heterocycles. The normalized spacial score (nSPS) is 23.4. The summed E-state index contributed by atoms with van der Waals surface area (Å²) in [5.74, 6) is 1.67. The highest BCUT2D eigenvalue weighted by Crippen LogP contribution is 2.43. The minimum atomic E-state index is -0.605. The first-order chi connectivity index (χ1) is 8.71. The Morgan fingerprint density at radius 1 is 1.39 bits per heavy atom. The molecule has 0 bridgehead atoms. The Hall–Kier alpha value is -1.04. The van der Waals surface area contributed by atoms with Gasteiger partial charge < -0.3 is 4.74 Å². The summed E-state index contributed by atoms with van der Waals surface area (Å²) >= 11 is 7.64. The number of aromatic nitrogens is 3. The fourth-order valence-corrected chi connectivity index (χ4v) is 3.24. The van der Waals surface area contributed by atoms with E-state index < -0.39 is 5.06 Å². The molecule has 0 radical (unpaired) electrons. The van der Waals surface area contributed by atoms with E-state index in [-0.39, 0.29) is 0 Å². The molecule has 1 aromatic heterocycles. The third kappa shape index (κ3) is 1.92. The van der Waals surface area contributed by atoms with E-state index >= 15 is 0 Å². The molecule has 0 spiro atoms. The summed E-state index contributed by atoms with van der Waals surface area (Å²) in [5, 5.41) is 4.50. The Labute approximate surface area is 114 Å². The molecule has 2 heterocycles. The molecular formula is C12H12ClN3OS. The van der Waals surface area contributed by atoms with Gasteiger partial charge in [-0.15, -0.1) is 0 Å². The molecule has 1 aliphatic rings. The van der Waals surface area contributed by atoms with Gasteiger partial charge >= 0.3 is 0 Å². The minimum absolute atomic E-state index is 0.605. The molecule has 4 nitrogen and oxygen atoms in total. The monoisotopic (exact) mass is 281 g/mol. The fourth-order valence-electron chi connectivity index (χ4n) is 1.98. The van der Waals surface area contributed by atoms with Crippen molar-refractivity contribution in [3.8, 4) is 0 Å². The molecular weight excluding hydrogens is 270 g/mol. The van der Waals surface area contributed by atoms with Crippen LogP contribution < -0.4 is 0 Å². The average Bonchev–Trinajstić information content (AvgIpc) is 2.99. The molecule has 2 aromatic rings. The van der Waals surface area contributed by atoms with Gasteiger partial charge in [0.2, 0.25) is 5.06 Å². The van der Waals surface area contributed by atoms with Crippen LogP contribution in [-0.4, -0.2) is 27.1 Å². The van der Waals surface area contributed by atoms with Crippen LogP contribution in [0.5, 0.6) is 0 Å². The van der Waals surface area contributed by atoms with Gasteiger partial charge in [-0.1, -0.05) is 35.5 Å². The number of nitrogens with zero attached hydrogens (tertiary/aromatic N) is 3. The number of hydrogen-bond donors (Lipinski definition) is 0. The van der Waals surface area contributed by atoms with Crippen LogP contribution >= 0.6 is 23.4 Å². The summed E-state index contributed by atoms with van der Waals surface area (Å²) in [4.78, 5) is 4.18. The van der Waals surface area contributed by atoms with E-state index in [4.69, 9.17) is 16.3 Å². The minimum Gasteiger partial charge on any atom is -0.340 e. The summed E-state index contributed by atoms with van der Waals surface area (Å²) in [6.45, 7) is 2.57. The Bertz CT molecular complexity index is 549. The number of aryl methyl sites for hydroxylation is 1. The molecule has 1 unspecified atom stereocenters. The van der Waals surface area contributed by atoms with Gasteiger partial charge in [-0.05, 0) is 19.1 Å². The number of halogens is 1. The number of rotatable bonds is 2. The van der Waals surface area contributed by atoms with Crippen LogP contribution in [0.4, 0.5) is 0 Å². The summed E-state index contributed by atoms with van der Waals surface area (Å²) in [5.41, 5.74) is 1.03. The topological polar surface area (TPSA) is 39.9 Å². The van der Waals surface area contributed by atoms with Gasteiger partial charge in [-0.25, -0.2) is 9.67 Å². The molecule has 1 fully saturated rings. The molecule has 1 saturated heterocycles. The number of ether oxygens (including phenoxy) is 1. The van der Waals surface area contributed by atoms with Crippen molar-refractivity contribution in [2.45, 2.75) is 12.0 Å². The van der Waals surface area contributed by atoms with Crippen molar-refractivity contribution in [2.75, 3.05) is 12.4 Å². The van der Waals surface area contributed by atoms with Crippen LogP contribution in [-0.2, 0) is 9.79 Å². The largest absolute Gasteiger partial charge is 0.340 e. The zero-order chi connectivity index (χ0) is 12.6. The zero-order valence-electron chi connectivity index (χ0n) is 9.84. The van der Waals surface area contributed by atoms with Gasteiger partial charge in [0.25, 0.3) is 0 Å². The lowest BCUT2D eigenvalue weighted by molar-refractivity contribution is 0.0164. The third-order valence-electron chi connectivity index (χ3n) is 2.80. The highest BCUT2D eigenvalue weighted by Gasteiger charge is 2.41. The number of hydrogen-bond acceptors (Lipinski definition) is 4. The van der Waals surface area contributed by atoms with Crippen molar-refractivity contribution >= 4 is 23.4 Å². The van der Waals surface area contributed by atoms with E-state index in [2.05, 4.69) is 10.1 Å². The van der Waals surface area contributed by atoms with Crippen LogP contribution in [0.2, 0.25) is 5.02 Å². The second-order valence-electron chi connectivity index (χ2n) is 4.02. The van der Waals surface area contributed by atoms with E-state index in [0.717, 1.165) is 17.1 Å². The van der Waals surface area contributed by atoms with Gasteiger partial charge in [0.15, 0.2) is 0 Å². The second kappa shape index (κ2) is 4.57. The van der Waals surface area contributed by atoms with Gasteiger partial charge in [-0.2, -0.15) is 5.10 Å². The molecule has 94 valence electrons. The maximum Gasteiger partial charge on any atom is 0.237 e. The highest BCUT2D eigenvalue weighted by molar-refractivity contribution is 8.00. The molecule has 3 rings (SSSR count). The summed E-state index contributed by atoms with van der Waals surface area (Å²) in [7, 11) is 0. The summed E-state index contributed by atoms with van der Waals surface area (Å²) in [6, 6.07) is 7.67. The van der Waals surface area contributed by atoms with Gasteiger partial charge in [0.05, 0.1) is 6.61 Å². The standard InChI is InChI=1S/C12H12ClN3OS/c1-9-14-8-16(15-9)12(17-6-7-18-12)10-2-4-11(13)5-3-10/h2-5,8H,6-7H2,1H3. The molecule has 0 saturated carbocycles. The SMILES string of the molecule is Cc1ncn(C2(c3ccc(Cl)cc3)OCCS2)n1. The van der Waals surface area contributed by atoms with E-state index in [0.29, 0.717) is 11.6 Å². The predicted octanol–water partition coefficient (Wildman–Crippen LogP) is 2.66. The maximum absolute atomic E-state index is 5.95. The fraction of sp³-hybridized carbons (Fsp3) is 0.333. The first-order valence-corrected chi connectivity index (χ1v) is 7.00. The smallest absolute Gasteiger partial charge is 0.237 e. The van der Waals surface area contributed by atoms with Crippen molar-refractivity contribution in [2.24, 2.45) is 0 Å². The Kier molecular flexibility index (Phi) is 3.05. The van der Waals surface area contributed by atoms with Gasteiger partial charge in [0.1, 0.15) is 12.2 Å². The van der Waals surface area contributed by atoms with E-state index in [9.17, 15) is 0 Å². The van der Waals surface area contributed by atoms with Gasteiger partial charge in [0, 0.05) is 16.3 Å². The van der Waals surface area contributed by atoms with E-state index in [1.54, 1.807) is 22.8 Å². The Balaban J connectivity index is 2.09. The van der Waals surface area contributed by atoms with Crippen molar-refractivity contribution < 1.29 is 4.74 Å². The van der Waals surface area contributed by atoms with Crippen LogP contribution in [0, 0.1) is 6.92 Å². The number of thioether (sulfide) groups is 1. The van der Waals surface area contributed by atoms with Crippen molar-refractivity contribution in [3.63, 3.8) is 0 Å². The van der Waals surface area contributed by atoms with E-state index in [1.165, 1.54) is 0 Å². The molecule has 1 aromatic carbocycles. The van der Waals surface area contributed by atoms with Crippen molar-refractivity contribution in [1.29, 1.82) is 0 Å². The lowest BCUT2D eigenvalue weighted by Gasteiger charge is -2.27. The van der Waals surface area contributed by atoms with Crippen molar-refractivity contribution in [3.05, 3.63) is 47.0 Å². The number of benzene rings is 1. The summed E-state index contributed by atoms with van der Waals surface area (Å²) in [6.07, 6.45) is 1.71. The van der Waals surface area contributed by atoms with E-state index in [1.807, 2.05) is 31.2 Å². The lowest BCUT2D eigenvalue weighted by atomic mass is 10.2. The molecule has 18 heavy (non-hydrogen) atoms. The maximum atomic E-state index is 5.95. The Morgan fingerprint density at radius 3 is 2.72 bits per heavy atom. The van der Waals surface area contributed by atoms with Crippen LogP contribution in [0.1, 0.15) is 11.4 Å². The van der Waals surface area contributed by atoms with Crippen molar-refractivity contribution in [1.82, 2.24) is 14.8 Å². The molecule has 6 heteroatoms. The molecule has 0 amide bonds. The van der Waals surface area contributed by atoms with Crippen LogP contribution in [0.3, 0.4) is 0 Å². The highest BCUT2D eigenvalue weighted by atomic mass is 35.5. The Morgan fingerprint density at radius 2 is 2.17 bits per heavy atom. The molecule has 0 N–H and O–H groups in total. The predicted molar refractivity (Wildman–Crippen MR) is 71.7 cm³/mol. The van der Waals surface area contributed by atoms with Crippen LogP contribution in [0.25, 0.3) is 0 Å². The molecule has 0 aliphatic carbocycles. The van der Waals surface area contributed by atoms with Gasteiger partial charge in [-0.3, -0.25) is 0 Å². The zero-order valence-corrected chi connectivity index (χ0v) is 11.4. The first kappa shape index (κ1) is 12.0.